The number of aromatic nitrogens is 6. The lowest BCUT2D eigenvalue weighted by atomic mass is 10.0. The largest absolute Gasteiger partial charge is 0.354 e. The van der Waals surface area contributed by atoms with Crippen molar-refractivity contribution < 1.29 is 0 Å². The molecular formula is C13H16N8S. The van der Waals surface area contributed by atoms with Crippen LogP contribution in [0.1, 0.15) is 11.5 Å². The van der Waals surface area contributed by atoms with Gasteiger partial charge in [0.25, 0.3) is 0 Å². The lowest BCUT2D eigenvalue weighted by Gasteiger charge is -2.40. The van der Waals surface area contributed by atoms with Crippen LogP contribution in [-0.2, 0) is 6.54 Å². The summed E-state index contributed by atoms with van der Waals surface area (Å²) in [5.41, 5.74) is 1.80. The lowest BCUT2D eigenvalue weighted by Crippen LogP contribution is -2.51. The Kier molecular flexibility index (Phi) is 3.43. The van der Waals surface area contributed by atoms with Crippen molar-refractivity contribution in [1.29, 1.82) is 0 Å². The first kappa shape index (κ1) is 13.5. The number of aryl methyl sites for hydroxylation is 1. The van der Waals surface area contributed by atoms with Gasteiger partial charge in [0.1, 0.15) is 5.82 Å². The topological polar surface area (TPSA) is 84.1 Å². The molecule has 0 radical (unpaired) electrons. The fourth-order valence-corrected chi connectivity index (χ4v) is 3.06. The van der Waals surface area contributed by atoms with Gasteiger partial charge in [-0.3, -0.25) is 0 Å². The number of hydrogen-bond acceptors (Lipinski definition) is 8. The van der Waals surface area contributed by atoms with Crippen LogP contribution in [0.4, 0.5) is 5.82 Å². The van der Waals surface area contributed by atoms with Crippen LogP contribution in [0.2, 0.25) is 0 Å². The van der Waals surface area contributed by atoms with Crippen LogP contribution in [0.5, 0.6) is 0 Å². The molecule has 0 bridgehead atoms. The number of fused-ring (bicyclic) bond motifs is 1. The summed E-state index contributed by atoms with van der Waals surface area (Å²) in [6.07, 6.45) is 0. The summed E-state index contributed by atoms with van der Waals surface area (Å²) in [5, 5.41) is 22.1. The molecule has 4 rings (SSSR count). The number of nitrogens with one attached hydrogen (secondary N) is 1. The second kappa shape index (κ2) is 5.58. The summed E-state index contributed by atoms with van der Waals surface area (Å²) >= 11 is 1.39. The molecule has 0 aromatic carbocycles. The molecule has 3 aromatic rings. The van der Waals surface area contributed by atoms with E-state index in [9.17, 15) is 0 Å². The van der Waals surface area contributed by atoms with Gasteiger partial charge in [0.15, 0.2) is 11.5 Å². The molecule has 0 atom stereocenters. The molecule has 3 aromatic heterocycles. The highest BCUT2D eigenvalue weighted by Crippen LogP contribution is 2.22. The standard InChI is InChI=1S/C13H16N8S/c1-9-15-17-12-2-3-13(18-21(9)12)20-6-10(7-20)4-14-5-11-8-22-19-16-11/h2-3,8,10,14H,4-7H2,1H3. The van der Waals surface area contributed by atoms with E-state index in [1.54, 1.807) is 4.52 Å². The van der Waals surface area contributed by atoms with Crippen molar-refractivity contribution in [2.75, 3.05) is 24.5 Å². The highest BCUT2D eigenvalue weighted by molar-refractivity contribution is 7.03. The van der Waals surface area contributed by atoms with E-state index in [2.05, 4.69) is 35.1 Å². The van der Waals surface area contributed by atoms with Gasteiger partial charge in [-0.1, -0.05) is 4.49 Å². The van der Waals surface area contributed by atoms with E-state index >= 15 is 0 Å². The van der Waals surface area contributed by atoms with Gasteiger partial charge in [0, 0.05) is 37.5 Å². The second-order valence-corrected chi connectivity index (χ2v) is 6.12. The quantitative estimate of drug-likeness (QED) is 0.734. The molecule has 0 amide bonds. The van der Waals surface area contributed by atoms with Gasteiger partial charge in [0.05, 0.1) is 5.69 Å². The van der Waals surface area contributed by atoms with E-state index < -0.39 is 0 Å². The lowest BCUT2D eigenvalue weighted by molar-refractivity contribution is 0.380. The third kappa shape index (κ3) is 2.53. The van der Waals surface area contributed by atoms with Gasteiger partial charge in [-0.25, -0.2) is 0 Å². The molecule has 4 heterocycles. The fourth-order valence-electron chi connectivity index (χ4n) is 2.61. The molecule has 114 valence electrons. The van der Waals surface area contributed by atoms with Gasteiger partial charge in [-0.2, -0.15) is 4.52 Å². The van der Waals surface area contributed by atoms with Crippen molar-refractivity contribution in [2.45, 2.75) is 13.5 Å². The Balaban J connectivity index is 1.31. The number of rotatable bonds is 5. The Bertz CT molecular complexity index is 762. The van der Waals surface area contributed by atoms with E-state index in [1.165, 1.54) is 11.5 Å². The molecule has 22 heavy (non-hydrogen) atoms. The van der Waals surface area contributed by atoms with Crippen molar-refractivity contribution in [1.82, 2.24) is 34.7 Å². The van der Waals surface area contributed by atoms with E-state index in [4.69, 9.17) is 0 Å². The minimum absolute atomic E-state index is 0.645. The predicted octanol–water partition coefficient (Wildman–Crippen LogP) is 0.510. The summed E-state index contributed by atoms with van der Waals surface area (Å²) in [5.74, 6) is 2.44. The Labute approximate surface area is 131 Å². The Morgan fingerprint density at radius 3 is 3.00 bits per heavy atom. The first-order valence-electron chi connectivity index (χ1n) is 7.20. The first-order valence-corrected chi connectivity index (χ1v) is 8.04. The molecule has 0 unspecified atom stereocenters. The van der Waals surface area contributed by atoms with Crippen LogP contribution < -0.4 is 10.2 Å². The van der Waals surface area contributed by atoms with E-state index in [0.29, 0.717) is 5.92 Å². The maximum absolute atomic E-state index is 4.59. The van der Waals surface area contributed by atoms with Crippen LogP contribution in [0, 0.1) is 12.8 Å². The molecule has 0 aliphatic carbocycles. The van der Waals surface area contributed by atoms with Gasteiger partial charge in [0.2, 0.25) is 0 Å². The summed E-state index contributed by atoms with van der Waals surface area (Å²) < 4.78 is 5.64. The van der Waals surface area contributed by atoms with E-state index in [-0.39, 0.29) is 0 Å². The van der Waals surface area contributed by atoms with Crippen molar-refractivity contribution in [3.8, 4) is 0 Å². The summed E-state index contributed by atoms with van der Waals surface area (Å²) in [7, 11) is 0. The van der Waals surface area contributed by atoms with Gasteiger partial charge < -0.3 is 10.2 Å². The van der Waals surface area contributed by atoms with Crippen LogP contribution in [0.3, 0.4) is 0 Å². The first-order chi connectivity index (χ1) is 10.8. The minimum atomic E-state index is 0.645. The minimum Gasteiger partial charge on any atom is -0.354 e. The van der Waals surface area contributed by atoms with Crippen molar-refractivity contribution in [3.05, 3.63) is 29.0 Å². The second-order valence-electron chi connectivity index (χ2n) is 5.51. The van der Waals surface area contributed by atoms with E-state index in [1.807, 2.05) is 24.4 Å². The van der Waals surface area contributed by atoms with Crippen LogP contribution in [0.25, 0.3) is 5.65 Å². The number of hydrogen-bond donors (Lipinski definition) is 1. The number of anilines is 1. The van der Waals surface area contributed by atoms with Crippen molar-refractivity contribution in [2.24, 2.45) is 5.92 Å². The van der Waals surface area contributed by atoms with Crippen LogP contribution in [0.15, 0.2) is 17.5 Å². The molecule has 1 aliphatic rings. The molecule has 1 saturated heterocycles. The van der Waals surface area contributed by atoms with Crippen molar-refractivity contribution >= 4 is 23.0 Å². The molecule has 1 N–H and O–H groups in total. The molecule has 8 nitrogen and oxygen atoms in total. The average molecular weight is 316 g/mol. The molecule has 9 heteroatoms. The normalized spacial score (nSPS) is 15.4. The van der Waals surface area contributed by atoms with Crippen molar-refractivity contribution in [3.63, 3.8) is 0 Å². The summed E-state index contributed by atoms with van der Waals surface area (Å²) in [6.45, 7) is 5.72. The highest BCUT2D eigenvalue weighted by atomic mass is 32.1. The molecular weight excluding hydrogens is 300 g/mol. The summed E-state index contributed by atoms with van der Waals surface area (Å²) in [6, 6.07) is 3.97. The highest BCUT2D eigenvalue weighted by Gasteiger charge is 2.27. The monoisotopic (exact) mass is 316 g/mol. The summed E-state index contributed by atoms with van der Waals surface area (Å²) in [4.78, 5) is 2.27. The fraction of sp³-hybridized carbons (Fsp3) is 0.462. The number of nitrogens with zero attached hydrogens (tertiary/aromatic N) is 7. The average Bonchev–Trinajstić information content (AvgIpc) is 3.12. The molecule has 1 aliphatic heterocycles. The Morgan fingerprint density at radius 2 is 2.18 bits per heavy atom. The maximum atomic E-state index is 4.59. The van der Waals surface area contributed by atoms with Crippen LogP contribution in [-0.4, -0.2) is 49.0 Å². The zero-order valence-corrected chi connectivity index (χ0v) is 13.0. The molecule has 1 fully saturated rings. The predicted molar refractivity (Wildman–Crippen MR) is 82.8 cm³/mol. The molecule has 0 spiro atoms. The van der Waals surface area contributed by atoms with Gasteiger partial charge in [-0.15, -0.1) is 20.4 Å². The van der Waals surface area contributed by atoms with Gasteiger partial charge in [-0.05, 0) is 30.6 Å². The third-order valence-electron chi connectivity index (χ3n) is 3.83. The third-order valence-corrected chi connectivity index (χ3v) is 4.38. The Hall–Kier alpha value is -2.13. The van der Waals surface area contributed by atoms with E-state index in [0.717, 1.165) is 49.2 Å². The maximum Gasteiger partial charge on any atom is 0.178 e. The zero-order valence-electron chi connectivity index (χ0n) is 12.2. The van der Waals surface area contributed by atoms with Crippen LogP contribution >= 0.6 is 11.5 Å². The Morgan fingerprint density at radius 1 is 1.27 bits per heavy atom. The molecule has 0 saturated carbocycles. The van der Waals surface area contributed by atoms with Gasteiger partial charge >= 0.3 is 0 Å². The SMILES string of the molecule is Cc1nnc2ccc(N3CC(CNCc4csnn4)C3)nn12. The zero-order chi connectivity index (χ0) is 14.9. The smallest absolute Gasteiger partial charge is 0.178 e.